The van der Waals surface area contributed by atoms with Crippen molar-refractivity contribution in [1.29, 1.82) is 0 Å². The van der Waals surface area contributed by atoms with Crippen molar-refractivity contribution < 1.29 is 13.2 Å². The predicted octanol–water partition coefficient (Wildman–Crippen LogP) is 6.20. The van der Waals surface area contributed by atoms with Crippen LogP contribution in [0, 0.1) is 6.92 Å². The zero-order valence-corrected chi connectivity index (χ0v) is 22.2. The fourth-order valence-corrected chi connectivity index (χ4v) is 6.07. The number of amides is 1. The van der Waals surface area contributed by atoms with Crippen molar-refractivity contribution in [3.63, 3.8) is 0 Å². The molecule has 0 fully saturated rings. The van der Waals surface area contributed by atoms with E-state index in [4.69, 9.17) is 34.8 Å². The number of rotatable bonds is 10. The number of benzene rings is 3. The highest BCUT2D eigenvalue weighted by Gasteiger charge is 2.29. The molecule has 1 N–H and O–H groups in total. The van der Waals surface area contributed by atoms with Gasteiger partial charge in [0.15, 0.2) is 0 Å². The Bertz CT molecular complexity index is 1250. The fraction of sp³-hybridized carbons (Fsp3) is 0.208. The third-order valence-corrected chi connectivity index (χ3v) is 8.56. The Morgan fingerprint density at radius 1 is 0.971 bits per heavy atom. The minimum Gasteiger partial charge on any atom is -0.354 e. The number of thioether (sulfide) groups is 1. The summed E-state index contributed by atoms with van der Waals surface area (Å²) in [7, 11) is -4.07. The number of nitrogens with one attached hydrogen (secondary N) is 1. The van der Waals surface area contributed by atoms with Crippen molar-refractivity contribution >= 4 is 68.2 Å². The van der Waals surface area contributed by atoms with Crippen LogP contribution in [-0.2, 0) is 20.6 Å². The standard InChI is InChI=1S/C24H23Cl3N2O3S2/c1-17-6-9-20(10-7-17)34(31,32)29(23-14-19(25)8-11-22(23)27)15-24(30)28-12-13-33-16-18-4-2-3-5-21(18)26/h2-11,14H,12-13,15-16H2,1H3,(H,28,30). The molecule has 1 amide bonds. The Morgan fingerprint density at radius 2 is 1.68 bits per heavy atom. The van der Waals surface area contributed by atoms with Crippen molar-refractivity contribution in [2.75, 3.05) is 23.1 Å². The molecule has 0 spiro atoms. The van der Waals surface area contributed by atoms with Crippen LogP contribution < -0.4 is 9.62 Å². The number of hydrogen-bond acceptors (Lipinski definition) is 4. The van der Waals surface area contributed by atoms with E-state index in [1.807, 2.05) is 31.2 Å². The van der Waals surface area contributed by atoms with Crippen LogP contribution in [0.5, 0.6) is 0 Å². The molecule has 34 heavy (non-hydrogen) atoms. The lowest BCUT2D eigenvalue weighted by molar-refractivity contribution is -0.119. The lowest BCUT2D eigenvalue weighted by Gasteiger charge is -2.25. The Kier molecular flexibility index (Phi) is 9.56. The van der Waals surface area contributed by atoms with E-state index in [1.165, 1.54) is 24.3 Å². The molecule has 0 unspecified atom stereocenters. The quantitative estimate of drug-likeness (QED) is 0.301. The second kappa shape index (κ2) is 12.2. The summed E-state index contributed by atoms with van der Waals surface area (Å²) in [6.45, 7) is 1.79. The van der Waals surface area contributed by atoms with Gasteiger partial charge in [0, 0.05) is 28.1 Å². The van der Waals surface area contributed by atoms with Crippen molar-refractivity contribution in [2.45, 2.75) is 17.6 Å². The highest BCUT2D eigenvalue weighted by Crippen LogP contribution is 2.33. The van der Waals surface area contributed by atoms with Gasteiger partial charge in [-0.1, -0.05) is 70.7 Å². The number of anilines is 1. The van der Waals surface area contributed by atoms with Crippen LogP contribution in [0.25, 0.3) is 0 Å². The summed E-state index contributed by atoms with van der Waals surface area (Å²) < 4.78 is 27.9. The smallest absolute Gasteiger partial charge is 0.264 e. The van der Waals surface area contributed by atoms with Crippen LogP contribution in [0.15, 0.2) is 71.6 Å². The molecule has 5 nitrogen and oxygen atoms in total. The molecule has 0 heterocycles. The normalized spacial score (nSPS) is 11.3. The van der Waals surface area contributed by atoms with Gasteiger partial charge in [-0.05, 0) is 48.9 Å². The molecule has 3 rings (SSSR count). The van der Waals surface area contributed by atoms with Crippen molar-refractivity contribution in [1.82, 2.24) is 5.32 Å². The highest BCUT2D eigenvalue weighted by atomic mass is 35.5. The van der Waals surface area contributed by atoms with Gasteiger partial charge in [0.25, 0.3) is 10.0 Å². The first kappa shape index (κ1) is 26.7. The molecule has 3 aromatic rings. The number of sulfonamides is 1. The van der Waals surface area contributed by atoms with Gasteiger partial charge in [-0.25, -0.2) is 8.42 Å². The van der Waals surface area contributed by atoms with Gasteiger partial charge in [0.1, 0.15) is 6.54 Å². The van der Waals surface area contributed by atoms with Gasteiger partial charge in [-0.2, -0.15) is 11.8 Å². The van der Waals surface area contributed by atoms with Crippen LogP contribution in [0.3, 0.4) is 0 Å². The first-order valence-corrected chi connectivity index (χ1v) is 14.0. The number of carbonyl (C=O) groups is 1. The predicted molar refractivity (Wildman–Crippen MR) is 143 cm³/mol. The average molecular weight is 558 g/mol. The zero-order valence-electron chi connectivity index (χ0n) is 18.3. The Hall–Kier alpha value is -1.90. The van der Waals surface area contributed by atoms with E-state index in [9.17, 15) is 13.2 Å². The van der Waals surface area contributed by atoms with E-state index >= 15 is 0 Å². The molecule has 0 aliphatic carbocycles. The molecule has 3 aromatic carbocycles. The zero-order chi connectivity index (χ0) is 24.7. The van der Waals surface area contributed by atoms with Crippen molar-refractivity contribution in [3.8, 4) is 0 Å². The van der Waals surface area contributed by atoms with Gasteiger partial charge >= 0.3 is 0 Å². The second-order valence-corrected chi connectivity index (χ2v) is 11.6. The molecular formula is C24H23Cl3N2O3S2. The number of halogens is 3. The minimum atomic E-state index is -4.07. The van der Waals surface area contributed by atoms with E-state index in [1.54, 1.807) is 30.0 Å². The summed E-state index contributed by atoms with van der Waals surface area (Å²) in [5.74, 6) is 0.895. The Morgan fingerprint density at radius 3 is 2.38 bits per heavy atom. The van der Waals surface area contributed by atoms with Gasteiger partial charge in [-0.15, -0.1) is 0 Å². The first-order valence-electron chi connectivity index (χ1n) is 10.3. The SMILES string of the molecule is Cc1ccc(S(=O)(=O)N(CC(=O)NCCSCc2ccccc2Cl)c2cc(Cl)ccc2Cl)cc1. The van der Waals surface area contributed by atoms with Gasteiger partial charge in [0.2, 0.25) is 5.91 Å². The van der Waals surface area contributed by atoms with Crippen LogP contribution >= 0.6 is 46.6 Å². The Labute approximate surface area is 219 Å². The maximum absolute atomic E-state index is 13.4. The second-order valence-electron chi connectivity index (χ2n) is 7.41. The molecule has 0 atom stereocenters. The first-order chi connectivity index (χ1) is 16.2. The lowest BCUT2D eigenvalue weighted by Crippen LogP contribution is -2.41. The van der Waals surface area contributed by atoms with Crippen LogP contribution in [0.1, 0.15) is 11.1 Å². The Balaban J connectivity index is 1.70. The number of carbonyl (C=O) groups excluding carboxylic acids is 1. The summed E-state index contributed by atoms with van der Waals surface area (Å²) in [6, 6.07) is 18.5. The highest BCUT2D eigenvalue weighted by molar-refractivity contribution is 7.98. The van der Waals surface area contributed by atoms with Crippen LogP contribution in [-0.4, -0.2) is 33.2 Å². The number of aryl methyl sites for hydroxylation is 1. The lowest BCUT2D eigenvalue weighted by atomic mass is 10.2. The summed E-state index contributed by atoms with van der Waals surface area (Å²) in [5.41, 5.74) is 2.07. The molecule has 0 bridgehead atoms. The summed E-state index contributed by atoms with van der Waals surface area (Å²) in [5, 5.41) is 3.95. The molecule has 0 aromatic heterocycles. The molecule has 10 heteroatoms. The summed E-state index contributed by atoms with van der Waals surface area (Å²) >= 11 is 20.2. The monoisotopic (exact) mass is 556 g/mol. The topological polar surface area (TPSA) is 66.5 Å². The van der Waals surface area contributed by atoms with E-state index in [0.717, 1.165) is 15.4 Å². The maximum Gasteiger partial charge on any atom is 0.264 e. The van der Waals surface area contributed by atoms with Crippen LogP contribution in [0.2, 0.25) is 15.1 Å². The molecular weight excluding hydrogens is 535 g/mol. The van der Waals surface area contributed by atoms with Gasteiger partial charge in [0.05, 0.1) is 15.6 Å². The maximum atomic E-state index is 13.4. The molecule has 0 saturated carbocycles. The molecule has 0 radical (unpaired) electrons. The largest absolute Gasteiger partial charge is 0.354 e. The minimum absolute atomic E-state index is 0.0530. The number of nitrogens with zero attached hydrogens (tertiary/aromatic N) is 1. The fourth-order valence-electron chi connectivity index (χ4n) is 3.06. The van der Waals surface area contributed by atoms with Crippen LogP contribution in [0.4, 0.5) is 5.69 Å². The molecule has 0 aliphatic rings. The molecule has 0 aliphatic heterocycles. The van der Waals surface area contributed by atoms with E-state index in [2.05, 4.69) is 5.32 Å². The molecule has 0 saturated heterocycles. The van der Waals surface area contributed by atoms with E-state index in [0.29, 0.717) is 28.1 Å². The third-order valence-electron chi connectivity index (χ3n) is 4.86. The summed E-state index contributed by atoms with van der Waals surface area (Å²) in [6.07, 6.45) is 0. The van der Waals surface area contributed by atoms with E-state index < -0.39 is 22.5 Å². The van der Waals surface area contributed by atoms with Gasteiger partial charge in [-0.3, -0.25) is 9.10 Å². The average Bonchev–Trinajstić information content (AvgIpc) is 2.80. The third kappa shape index (κ3) is 7.06. The molecule has 180 valence electrons. The van der Waals surface area contributed by atoms with Gasteiger partial charge < -0.3 is 5.32 Å². The number of hydrogen-bond donors (Lipinski definition) is 1. The van der Waals surface area contributed by atoms with Crippen molar-refractivity contribution in [2.24, 2.45) is 0 Å². The van der Waals surface area contributed by atoms with E-state index in [-0.39, 0.29) is 15.6 Å². The van der Waals surface area contributed by atoms with Crippen molar-refractivity contribution in [3.05, 3.63) is 92.9 Å². The summed E-state index contributed by atoms with van der Waals surface area (Å²) in [4.78, 5) is 12.8.